The Morgan fingerprint density at radius 3 is 2.85 bits per heavy atom. The lowest BCUT2D eigenvalue weighted by Crippen LogP contribution is -2.38. The normalized spacial score (nSPS) is 14.4. The first-order valence-electron chi connectivity index (χ1n) is 7.71. The molecule has 1 aromatic carbocycles. The molecule has 0 spiro atoms. The fourth-order valence-electron chi connectivity index (χ4n) is 2.80. The predicted octanol–water partition coefficient (Wildman–Crippen LogP) is 2.82. The first-order chi connectivity index (χ1) is 9.54. The molecule has 0 bridgehead atoms. The second-order valence-corrected chi connectivity index (χ2v) is 6.62. The molecular formula is C17H28N2O. The summed E-state index contributed by atoms with van der Waals surface area (Å²) in [5.41, 5.74) is 8.79. The van der Waals surface area contributed by atoms with Crippen LogP contribution in [-0.4, -0.2) is 31.1 Å². The van der Waals surface area contributed by atoms with Crippen LogP contribution in [0.1, 0.15) is 38.3 Å². The van der Waals surface area contributed by atoms with Gasteiger partial charge in [-0.25, -0.2) is 0 Å². The van der Waals surface area contributed by atoms with Gasteiger partial charge in [-0.3, -0.25) is 4.90 Å². The van der Waals surface area contributed by atoms with Crippen LogP contribution in [0.15, 0.2) is 18.2 Å². The highest BCUT2D eigenvalue weighted by Gasteiger charge is 2.20. The van der Waals surface area contributed by atoms with Crippen molar-refractivity contribution >= 4 is 0 Å². The fourth-order valence-corrected chi connectivity index (χ4v) is 2.80. The van der Waals surface area contributed by atoms with Crippen molar-refractivity contribution in [2.75, 3.05) is 26.2 Å². The van der Waals surface area contributed by atoms with Gasteiger partial charge < -0.3 is 10.5 Å². The summed E-state index contributed by atoms with van der Waals surface area (Å²) in [6, 6.07) is 6.62. The van der Waals surface area contributed by atoms with Crippen LogP contribution in [0.25, 0.3) is 0 Å². The Morgan fingerprint density at radius 1 is 1.35 bits per heavy atom. The van der Waals surface area contributed by atoms with E-state index in [4.69, 9.17) is 10.5 Å². The molecule has 0 saturated heterocycles. The molecule has 20 heavy (non-hydrogen) atoms. The van der Waals surface area contributed by atoms with E-state index < -0.39 is 0 Å². The molecule has 2 N–H and O–H groups in total. The summed E-state index contributed by atoms with van der Waals surface area (Å²) in [5, 5.41) is 0. The van der Waals surface area contributed by atoms with Gasteiger partial charge in [-0.1, -0.05) is 32.9 Å². The van der Waals surface area contributed by atoms with Gasteiger partial charge in [-0.05, 0) is 42.1 Å². The highest BCUT2D eigenvalue weighted by Crippen LogP contribution is 2.27. The van der Waals surface area contributed by atoms with Gasteiger partial charge in [-0.2, -0.15) is 0 Å². The van der Waals surface area contributed by atoms with Gasteiger partial charge >= 0.3 is 0 Å². The van der Waals surface area contributed by atoms with Gasteiger partial charge in [0, 0.05) is 19.5 Å². The molecule has 1 heterocycles. The minimum absolute atomic E-state index is 0.176. The molecule has 0 aromatic heterocycles. The van der Waals surface area contributed by atoms with Gasteiger partial charge in [0.15, 0.2) is 0 Å². The maximum atomic E-state index is 5.87. The number of rotatable bonds is 7. The molecule has 3 nitrogen and oxygen atoms in total. The molecule has 1 aliphatic heterocycles. The third-order valence-electron chi connectivity index (χ3n) is 3.90. The van der Waals surface area contributed by atoms with Crippen molar-refractivity contribution in [3.05, 3.63) is 29.3 Å². The molecule has 2 rings (SSSR count). The summed E-state index contributed by atoms with van der Waals surface area (Å²) >= 11 is 0. The van der Waals surface area contributed by atoms with E-state index in [1.165, 1.54) is 17.5 Å². The van der Waals surface area contributed by atoms with Crippen molar-refractivity contribution in [1.82, 2.24) is 4.90 Å². The van der Waals surface area contributed by atoms with Gasteiger partial charge in [0.2, 0.25) is 0 Å². The summed E-state index contributed by atoms with van der Waals surface area (Å²) in [6.45, 7) is 11.5. The Balaban J connectivity index is 2.04. The van der Waals surface area contributed by atoms with Gasteiger partial charge in [0.05, 0.1) is 6.61 Å². The molecule has 0 atom stereocenters. The summed E-state index contributed by atoms with van der Waals surface area (Å²) in [5.74, 6) is 1.07. The number of nitrogens with zero attached hydrogens (tertiary/aromatic N) is 1. The van der Waals surface area contributed by atoms with Gasteiger partial charge in [-0.15, -0.1) is 0 Å². The number of fused-ring (bicyclic) bond motifs is 1. The van der Waals surface area contributed by atoms with Crippen LogP contribution in [0.4, 0.5) is 0 Å². The Hall–Kier alpha value is -1.06. The van der Waals surface area contributed by atoms with E-state index >= 15 is 0 Å². The Kier molecular flexibility index (Phi) is 5.06. The lowest BCUT2D eigenvalue weighted by atomic mass is 9.92. The second-order valence-electron chi connectivity index (χ2n) is 6.62. The minimum Gasteiger partial charge on any atom is -0.493 e. The Bertz CT molecular complexity index is 443. The number of hydrogen-bond acceptors (Lipinski definition) is 3. The van der Waals surface area contributed by atoms with Crippen LogP contribution >= 0.6 is 0 Å². The molecule has 0 fully saturated rings. The standard InChI is InChI=1S/C17H28N2O/c1-4-8-19(13-17(2,3)12-18)11-14-5-6-16-15(10-14)7-9-20-16/h5-6,10H,4,7-9,11-13,18H2,1-3H3. The average molecular weight is 276 g/mol. The fraction of sp³-hybridized carbons (Fsp3) is 0.647. The molecule has 0 amide bonds. The van der Waals surface area contributed by atoms with Crippen LogP contribution < -0.4 is 10.5 Å². The quantitative estimate of drug-likeness (QED) is 0.832. The molecule has 0 saturated carbocycles. The monoisotopic (exact) mass is 276 g/mol. The summed E-state index contributed by atoms with van der Waals surface area (Å²) in [7, 11) is 0. The van der Waals surface area contributed by atoms with E-state index in [1.54, 1.807) is 0 Å². The highest BCUT2D eigenvalue weighted by atomic mass is 16.5. The molecule has 1 aromatic rings. The van der Waals surface area contributed by atoms with Crippen LogP contribution in [0.5, 0.6) is 5.75 Å². The van der Waals surface area contributed by atoms with Gasteiger partial charge in [0.1, 0.15) is 5.75 Å². The number of benzene rings is 1. The first-order valence-corrected chi connectivity index (χ1v) is 7.71. The Labute approximate surface area is 123 Å². The SMILES string of the molecule is CCCN(Cc1ccc2c(c1)CCO2)CC(C)(C)CN. The molecular weight excluding hydrogens is 248 g/mol. The van der Waals surface area contributed by atoms with Crippen LogP contribution in [0.2, 0.25) is 0 Å². The van der Waals surface area contributed by atoms with Crippen molar-refractivity contribution < 1.29 is 4.74 Å². The molecule has 0 radical (unpaired) electrons. The van der Waals surface area contributed by atoms with E-state index in [9.17, 15) is 0 Å². The van der Waals surface area contributed by atoms with Crippen molar-refractivity contribution in [2.24, 2.45) is 11.1 Å². The largest absolute Gasteiger partial charge is 0.493 e. The Morgan fingerprint density at radius 2 is 2.15 bits per heavy atom. The third-order valence-corrected chi connectivity index (χ3v) is 3.90. The molecule has 0 aliphatic carbocycles. The third kappa shape index (κ3) is 3.97. The molecule has 3 heteroatoms. The van der Waals surface area contributed by atoms with Crippen LogP contribution in [0, 0.1) is 5.41 Å². The molecule has 1 aliphatic rings. The highest BCUT2D eigenvalue weighted by molar-refractivity contribution is 5.39. The van der Waals surface area contributed by atoms with E-state index in [0.717, 1.165) is 45.0 Å². The number of nitrogens with two attached hydrogens (primary N) is 1. The van der Waals surface area contributed by atoms with Crippen molar-refractivity contribution in [2.45, 2.75) is 40.2 Å². The zero-order valence-electron chi connectivity index (χ0n) is 13.1. The smallest absolute Gasteiger partial charge is 0.122 e. The van der Waals surface area contributed by atoms with Crippen molar-refractivity contribution in [1.29, 1.82) is 0 Å². The van der Waals surface area contributed by atoms with E-state index in [-0.39, 0.29) is 5.41 Å². The zero-order valence-corrected chi connectivity index (χ0v) is 13.1. The van der Waals surface area contributed by atoms with Gasteiger partial charge in [0.25, 0.3) is 0 Å². The lowest BCUT2D eigenvalue weighted by molar-refractivity contribution is 0.176. The topological polar surface area (TPSA) is 38.5 Å². The van der Waals surface area contributed by atoms with E-state index in [0.29, 0.717) is 0 Å². The number of ether oxygens (including phenoxy) is 1. The lowest BCUT2D eigenvalue weighted by Gasteiger charge is -2.31. The average Bonchev–Trinajstić information content (AvgIpc) is 2.86. The van der Waals surface area contributed by atoms with E-state index in [2.05, 4.69) is 43.9 Å². The van der Waals surface area contributed by atoms with Crippen molar-refractivity contribution in [3.63, 3.8) is 0 Å². The molecule has 0 unspecified atom stereocenters. The van der Waals surface area contributed by atoms with E-state index in [1.807, 2.05) is 0 Å². The minimum atomic E-state index is 0.176. The van der Waals surface area contributed by atoms with Crippen molar-refractivity contribution in [3.8, 4) is 5.75 Å². The maximum absolute atomic E-state index is 5.87. The summed E-state index contributed by atoms with van der Waals surface area (Å²) in [4.78, 5) is 2.52. The molecule has 112 valence electrons. The summed E-state index contributed by atoms with van der Waals surface area (Å²) < 4.78 is 5.57. The predicted molar refractivity (Wildman–Crippen MR) is 84.0 cm³/mol. The van der Waals surface area contributed by atoms with Crippen LogP contribution in [-0.2, 0) is 13.0 Å². The zero-order chi connectivity index (χ0) is 14.6. The summed E-state index contributed by atoms with van der Waals surface area (Å²) in [6.07, 6.45) is 2.22. The first kappa shape index (κ1) is 15.3. The van der Waals surface area contributed by atoms with Crippen LogP contribution in [0.3, 0.4) is 0 Å². The maximum Gasteiger partial charge on any atom is 0.122 e. The number of hydrogen-bond donors (Lipinski definition) is 1. The second kappa shape index (κ2) is 6.59.